The second-order valence-corrected chi connectivity index (χ2v) is 6.37. The van der Waals surface area contributed by atoms with E-state index in [4.69, 9.17) is 0 Å². The highest BCUT2D eigenvalue weighted by atomic mass is 32.3. The molecule has 28 heavy (non-hydrogen) atoms. The van der Waals surface area contributed by atoms with E-state index in [9.17, 15) is 17.1 Å². The van der Waals surface area contributed by atoms with Crippen molar-refractivity contribution in [3.63, 3.8) is 0 Å². The van der Waals surface area contributed by atoms with Gasteiger partial charge in [0.05, 0.1) is 23.3 Å². The van der Waals surface area contributed by atoms with Gasteiger partial charge in [0.25, 0.3) is 5.91 Å². The molecule has 0 saturated carbocycles. The summed E-state index contributed by atoms with van der Waals surface area (Å²) in [6, 6.07) is 15.2. The fraction of sp³-hybridized carbons (Fsp3) is 0. The van der Waals surface area contributed by atoms with E-state index in [1.165, 1.54) is 24.3 Å². The van der Waals surface area contributed by atoms with Crippen LogP contribution in [-0.4, -0.2) is 19.3 Å². The lowest BCUT2D eigenvalue weighted by Crippen LogP contribution is -2.11. The van der Waals surface area contributed by atoms with Crippen molar-refractivity contribution in [2.75, 3.05) is 5.32 Å². The van der Waals surface area contributed by atoms with Crippen LogP contribution >= 0.6 is 0 Å². The van der Waals surface area contributed by atoms with Crippen LogP contribution in [0, 0.1) is 0 Å². The third-order valence-electron chi connectivity index (χ3n) is 3.36. The molecule has 0 aliphatic rings. The zero-order chi connectivity index (χ0) is 20.0. The number of anilines is 1. The fourth-order valence-electron chi connectivity index (χ4n) is 2.12. The summed E-state index contributed by atoms with van der Waals surface area (Å²) in [5.41, 5.74) is 1.94. The Morgan fingerprint density at radius 1 is 0.964 bits per heavy atom. The summed E-state index contributed by atoms with van der Waals surface area (Å²) in [6.45, 7) is 0. The summed E-state index contributed by atoms with van der Waals surface area (Å²) in [5.74, 6) is -0.458. The molecular weight excluding hydrogens is 387 g/mol. The highest BCUT2D eigenvalue weighted by molar-refractivity contribution is 7.81. The first-order valence-electron chi connectivity index (χ1n) is 7.86. The van der Waals surface area contributed by atoms with Crippen LogP contribution in [0.1, 0.15) is 10.4 Å². The highest BCUT2D eigenvalue weighted by Gasteiger charge is 2.09. The second-order valence-electron chi connectivity index (χ2n) is 5.41. The summed E-state index contributed by atoms with van der Waals surface area (Å²) in [7, 11) is -5.07. The summed E-state index contributed by atoms with van der Waals surface area (Å²) in [4.78, 5) is 16.1. The first-order chi connectivity index (χ1) is 13.4. The van der Waals surface area contributed by atoms with E-state index in [-0.39, 0.29) is 11.7 Å². The predicted molar refractivity (Wildman–Crippen MR) is 99.9 cm³/mol. The van der Waals surface area contributed by atoms with E-state index < -0.39 is 10.5 Å². The molecule has 8 nitrogen and oxygen atoms in total. The Kier molecular flexibility index (Phi) is 5.70. The number of carbonyl (C=O) groups is 1. The molecule has 2 aromatic carbocycles. The maximum absolute atomic E-state index is 12.4. The third kappa shape index (κ3) is 5.68. The topological polar surface area (TPSA) is 110 Å². The van der Waals surface area contributed by atoms with Crippen molar-refractivity contribution in [2.45, 2.75) is 0 Å². The summed E-state index contributed by atoms with van der Waals surface area (Å²) in [5, 5.41) is 10.7. The Labute approximate surface area is 160 Å². The second kappa shape index (κ2) is 8.35. The van der Waals surface area contributed by atoms with Crippen molar-refractivity contribution >= 4 is 33.5 Å². The molecule has 0 radical (unpaired) electrons. The number of pyridine rings is 1. The van der Waals surface area contributed by atoms with Crippen LogP contribution in [0.2, 0.25) is 0 Å². The highest BCUT2D eigenvalue weighted by Crippen LogP contribution is 2.22. The van der Waals surface area contributed by atoms with E-state index >= 15 is 0 Å². The van der Waals surface area contributed by atoms with Crippen molar-refractivity contribution in [1.29, 1.82) is 0 Å². The van der Waals surface area contributed by atoms with Crippen LogP contribution in [0.4, 0.5) is 20.9 Å². The Bertz CT molecular complexity index is 1090. The molecule has 0 bridgehead atoms. The fourth-order valence-corrected chi connectivity index (χ4v) is 2.46. The number of nitrogens with one attached hydrogen (secondary N) is 1. The third-order valence-corrected chi connectivity index (χ3v) is 3.75. The van der Waals surface area contributed by atoms with Crippen LogP contribution in [-0.2, 0) is 10.5 Å². The van der Waals surface area contributed by atoms with E-state index in [1.54, 1.807) is 48.8 Å². The van der Waals surface area contributed by atoms with Gasteiger partial charge in [0.2, 0.25) is 0 Å². The summed E-state index contributed by atoms with van der Waals surface area (Å²) >= 11 is 0. The first-order valence-corrected chi connectivity index (χ1v) is 9.17. The molecule has 0 spiro atoms. The molecular formula is C18H13FN4O4S. The average molecular weight is 400 g/mol. The van der Waals surface area contributed by atoms with E-state index in [1.807, 2.05) is 0 Å². The minimum atomic E-state index is -5.07. The Hall–Kier alpha value is -3.66. The maximum Gasteiger partial charge on any atom is 0.488 e. The molecule has 0 saturated heterocycles. The molecule has 0 aliphatic heterocycles. The number of amides is 1. The van der Waals surface area contributed by atoms with Crippen LogP contribution in [0.25, 0.3) is 0 Å². The zero-order valence-corrected chi connectivity index (χ0v) is 15.0. The van der Waals surface area contributed by atoms with E-state index in [2.05, 4.69) is 24.7 Å². The Morgan fingerprint density at radius 3 is 2.11 bits per heavy atom. The molecule has 3 rings (SSSR count). The van der Waals surface area contributed by atoms with E-state index in [0.29, 0.717) is 22.6 Å². The minimum Gasteiger partial charge on any atom is -0.358 e. The van der Waals surface area contributed by atoms with Gasteiger partial charge >= 0.3 is 10.5 Å². The van der Waals surface area contributed by atoms with Crippen molar-refractivity contribution in [1.82, 2.24) is 4.98 Å². The van der Waals surface area contributed by atoms with Gasteiger partial charge in [-0.1, -0.05) is 3.89 Å². The SMILES string of the molecule is O=C(Nc1cccnc1)c1ccc(N=Nc2ccc(OS(=O)(=O)F)cc2)cc1. The Balaban J connectivity index is 1.63. The molecule has 142 valence electrons. The van der Waals surface area contributed by atoms with Crippen molar-refractivity contribution in [3.8, 4) is 5.75 Å². The van der Waals surface area contributed by atoms with Gasteiger partial charge in [-0.05, 0) is 60.7 Å². The molecule has 1 heterocycles. The lowest BCUT2D eigenvalue weighted by atomic mass is 10.2. The molecule has 0 fully saturated rings. The van der Waals surface area contributed by atoms with Gasteiger partial charge in [0, 0.05) is 11.8 Å². The monoisotopic (exact) mass is 400 g/mol. The van der Waals surface area contributed by atoms with Gasteiger partial charge in [-0.25, -0.2) is 0 Å². The largest absolute Gasteiger partial charge is 0.488 e. The van der Waals surface area contributed by atoms with Crippen LogP contribution in [0.3, 0.4) is 0 Å². The molecule has 0 unspecified atom stereocenters. The number of hydrogen-bond acceptors (Lipinski definition) is 7. The van der Waals surface area contributed by atoms with Gasteiger partial charge in [0.15, 0.2) is 0 Å². The van der Waals surface area contributed by atoms with Gasteiger partial charge in [-0.15, -0.1) is 0 Å². The molecule has 1 aromatic heterocycles. The smallest absolute Gasteiger partial charge is 0.358 e. The number of hydrogen-bond donors (Lipinski definition) is 1. The lowest BCUT2D eigenvalue weighted by Gasteiger charge is -2.04. The number of halogens is 1. The molecule has 3 aromatic rings. The number of aromatic nitrogens is 1. The number of carbonyl (C=O) groups excluding carboxylic acids is 1. The molecule has 1 amide bonds. The molecule has 1 N–H and O–H groups in total. The van der Waals surface area contributed by atoms with Gasteiger partial charge in [-0.2, -0.15) is 18.6 Å². The van der Waals surface area contributed by atoms with Crippen LogP contribution in [0.5, 0.6) is 5.75 Å². The van der Waals surface area contributed by atoms with Crippen molar-refractivity contribution < 1.29 is 21.3 Å². The standard InChI is InChI=1S/C18H13FN4O4S/c19-28(25,26)27-17-9-7-15(8-10-17)23-22-14-5-3-13(4-6-14)18(24)21-16-2-1-11-20-12-16/h1-12H,(H,21,24). The number of rotatable bonds is 6. The minimum absolute atomic E-state index is 0.176. The normalized spacial score (nSPS) is 11.3. The van der Waals surface area contributed by atoms with Crippen molar-refractivity contribution in [3.05, 3.63) is 78.6 Å². The molecule has 0 aliphatic carbocycles. The average Bonchev–Trinajstić information content (AvgIpc) is 2.67. The van der Waals surface area contributed by atoms with Crippen LogP contribution in [0.15, 0.2) is 83.3 Å². The predicted octanol–water partition coefficient (Wildman–Crippen LogP) is 4.34. The zero-order valence-electron chi connectivity index (χ0n) is 14.2. The van der Waals surface area contributed by atoms with Gasteiger partial charge in [-0.3, -0.25) is 9.78 Å². The lowest BCUT2D eigenvalue weighted by molar-refractivity contribution is 0.102. The number of azo groups is 1. The summed E-state index contributed by atoms with van der Waals surface area (Å²) < 4.78 is 37.3. The Morgan fingerprint density at radius 2 is 1.57 bits per heavy atom. The maximum atomic E-state index is 12.4. The summed E-state index contributed by atoms with van der Waals surface area (Å²) in [6.07, 6.45) is 3.15. The van der Waals surface area contributed by atoms with Crippen molar-refractivity contribution in [2.24, 2.45) is 10.2 Å². The quantitative estimate of drug-likeness (QED) is 0.489. The van der Waals surface area contributed by atoms with Crippen LogP contribution < -0.4 is 9.50 Å². The number of nitrogens with zero attached hydrogens (tertiary/aromatic N) is 3. The van der Waals surface area contributed by atoms with Gasteiger partial charge < -0.3 is 9.50 Å². The van der Waals surface area contributed by atoms with Gasteiger partial charge in [0.1, 0.15) is 5.75 Å². The first kappa shape index (κ1) is 19.1. The molecule has 0 atom stereocenters. The number of benzene rings is 2. The van der Waals surface area contributed by atoms with E-state index in [0.717, 1.165) is 0 Å². The molecule has 10 heteroatoms.